The van der Waals surface area contributed by atoms with Gasteiger partial charge in [0.25, 0.3) is 0 Å². The molecule has 0 aliphatic carbocycles. The predicted octanol–water partition coefficient (Wildman–Crippen LogP) is 6.92. The minimum atomic E-state index is -4.43. The minimum absolute atomic E-state index is 0.159. The molecule has 0 aromatic heterocycles. The summed E-state index contributed by atoms with van der Waals surface area (Å²) in [6, 6.07) is 8.76. The maximum atomic E-state index is 14.5. The van der Waals surface area contributed by atoms with Gasteiger partial charge < -0.3 is 4.74 Å². The van der Waals surface area contributed by atoms with Gasteiger partial charge in [-0.05, 0) is 30.3 Å². The highest BCUT2D eigenvalue weighted by molar-refractivity contribution is 8.03. The van der Waals surface area contributed by atoms with Gasteiger partial charge in [-0.15, -0.1) is 0 Å². The lowest BCUT2D eigenvalue weighted by atomic mass is 10.0. The first-order chi connectivity index (χ1) is 14.1. The van der Waals surface area contributed by atoms with E-state index < -0.39 is 45.6 Å². The largest absolute Gasteiger partial charge is 0.429 e. The van der Waals surface area contributed by atoms with Gasteiger partial charge in [-0.1, -0.05) is 35.9 Å². The number of ether oxygens (including phenoxy) is 1. The van der Waals surface area contributed by atoms with Crippen molar-refractivity contribution in [3.05, 3.63) is 82.9 Å². The van der Waals surface area contributed by atoms with Crippen LogP contribution in [-0.4, -0.2) is 0 Å². The molecule has 9 heteroatoms. The molecule has 3 aromatic carbocycles. The Labute approximate surface area is 171 Å². The molecule has 0 aliphatic rings. The van der Waals surface area contributed by atoms with Gasteiger partial charge in [-0.25, -0.2) is 17.6 Å². The van der Waals surface area contributed by atoms with Gasteiger partial charge >= 0.3 is 6.11 Å². The Morgan fingerprint density at radius 1 is 0.900 bits per heavy atom. The van der Waals surface area contributed by atoms with Crippen LogP contribution in [0, 0.1) is 40.9 Å². The molecule has 154 valence electrons. The van der Waals surface area contributed by atoms with Crippen LogP contribution in [0.4, 0.5) is 26.3 Å². The molecule has 0 spiro atoms. The number of nitrogens with zero attached hydrogens (tertiary/aromatic N) is 1. The van der Waals surface area contributed by atoms with Crippen molar-refractivity contribution < 1.29 is 31.1 Å². The maximum Gasteiger partial charge on any atom is 0.429 e. The lowest BCUT2D eigenvalue weighted by molar-refractivity contribution is -0.187. The highest BCUT2D eigenvalue weighted by Crippen LogP contribution is 2.38. The van der Waals surface area contributed by atoms with Gasteiger partial charge in [0.1, 0.15) is 28.3 Å². The molecule has 3 rings (SSSR count). The van der Waals surface area contributed by atoms with Crippen LogP contribution in [0.5, 0.6) is 5.75 Å². The first-order valence-corrected chi connectivity index (χ1v) is 9.13. The number of hydrogen-bond donors (Lipinski definition) is 0. The molecule has 0 bridgehead atoms. The van der Waals surface area contributed by atoms with E-state index in [9.17, 15) is 26.3 Å². The standard InChI is InChI=1S/C21H11F6NOS/c1-11-2-4-12(5-3-11)14-6-7-15(19(25)18(14)24)21(26,27)29-13-8-16(22)20(30-10-28)17(23)9-13/h2-9H,1H3. The zero-order valence-corrected chi connectivity index (χ0v) is 16.0. The summed E-state index contributed by atoms with van der Waals surface area (Å²) in [5.74, 6) is -6.95. The zero-order valence-electron chi connectivity index (χ0n) is 15.2. The third-order valence-corrected chi connectivity index (χ3v) is 4.81. The van der Waals surface area contributed by atoms with E-state index in [0.717, 1.165) is 11.6 Å². The topological polar surface area (TPSA) is 33.0 Å². The summed E-state index contributed by atoms with van der Waals surface area (Å²) in [6.07, 6.45) is -4.43. The van der Waals surface area contributed by atoms with Gasteiger partial charge in [0.2, 0.25) is 0 Å². The fraction of sp³-hybridized carbons (Fsp3) is 0.0952. The van der Waals surface area contributed by atoms with E-state index in [4.69, 9.17) is 5.26 Å². The highest BCUT2D eigenvalue weighted by Gasteiger charge is 2.39. The second-order valence-electron chi connectivity index (χ2n) is 6.18. The van der Waals surface area contributed by atoms with Crippen LogP contribution in [0.3, 0.4) is 0 Å². The molecule has 0 unspecified atom stereocenters. The number of nitriles is 1. The van der Waals surface area contributed by atoms with Gasteiger partial charge in [0.05, 0.1) is 4.90 Å². The summed E-state index contributed by atoms with van der Waals surface area (Å²) < 4.78 is 89.7. The molecule has 0 saturated heterocycles. The monoisotopic (exact) mass is 439 g/mol. The Morgan fingerprint density at radius 2 is 1.50 bits per heavy atom. The number of halogens is 6. The summed E-state index contributed by atoms with van der Waals surface area (Å²) in [7, 11) is 0. The average Bonchev–Trinajstić information content (AvgIpc) is 2.67. The van der Waals surface area contributed by atoms with Crippen LogP contribution >= 0.6 is 11.8 Å². The van der Waals surface area contributed by atoms with Crippen molar-refractivity contribution in [2.75, 3.05) is 0 Å². The first kappa shape index (κ1) is 21.6. The number of hydrogen-bond acceptors (Lipinski definition) is 3. The fourth-order valence-corrected chi connectivity index (χ4v) is 3.08. The van der Waals surface area contributed by atoms with Crippen LogP contribution in [0.2, 0.25) is 0 Å². The quantitative estimate of drug-likeness (QED) is 0.246. The van der Waals surface area contributed by atoms with Crippen molar-refractivity contribution in [3.8, 4) is 22.3 Å². The fourth-order valence-electron chi connectivity index (χ4n) is 2.67. The summed E-state index contributed by atoms with van der Waals surface area (Å²) >= 11 is 0.159. The summed E-state index contributed by atoms with van der Waals surface area (Å²) in [4.78, 5) is -0.701. The SMILES string of the molecule is Cc1ccc(-c2ccc(C(F)(F)Oc3cc(F)c(SC#N)c(F)c3)c(F)c2F)cc1. The van der Waals surface area contributed by atoms with Crippen LogP contribution < -0.4 is 4.74 Å². The molecule has 30 heavy (non-hydrogen) atoms. The Kier molecular flexibility index (Phi) is 5.99. The molecule has 2 nitrogen and oxygen atoms in total. The number of thioether (sulfide) groups is 1. The third-order valence-electron chi connectivity index (χ3n) is 4.12. The zero-order chi connectivity index (χ0) is 22.1. The van der Waals surface area contributed by atoms with Crippen molar-refractivity contribution in [2.45, 2.75) is 17.9 Å². The number of benzene rings is 3. The third kappa shape index (κ3) is 4.24. The number of thiocyanates is 1. The first-order valence-electron chi connectivity index (χ1n) is 8.31. The molecule has 0 fully saturated rings. The van der Waals surface area contributed by atoms with Gasteiger partial charge in [-0.2, -0.15) is 14.0 Å². The second-order valence-corrected chi connectivity index (χ2v) is 6.98. The van der Waals surface area contributed by atoms with E-state index in [1.54, 1.807) is 19.1 Å². The molecular weight excluding hydrogens is 428 g/mol. The Morgan fingerprint density at radius 3 is 2.07 bits per heavy atom. The molecule has 0 atom stereocenters. The molecule has 0 aliphatic heterocycles. The number of alkyl halides is 2. The normalized spacial score (nSPS) is 11.3. The van der Waals surface area contributed by atoms with Crippen LogP contribution in [0.25, 0.3) is 11.1 Å². The van der Waals surface area contributed by atoms with E-state index in [2.05, 4.69) is 4.74 Å². The van der Waals surface area contributed by atoms with Gasteiger partial charge in [-0.3, -0.25) is 0 Å². The van der Waals surface area contributed by atoms with Gasteiger partial charge in [0, 0.05) is 17.7 Å². The van der Waals surface area contributed by atoms with E-state index in [1.807, 2.05) is 0 Å². The van der Waals surface area contributed by atoms with Crippen LogP contribution in [0.1, 0.15) is 11.1 Å². The maximum absolute atomic E-state index is 14.5. The molecule has 0 heterocycles. The van der Waals surface area contributed by atoms with Crippen molar-refractivity contribution in [1.29, 1.82) is 5.26 Å². The van der Waals surface area contributed by atoms with E-state index in [0.29, 0.717) is 18.2 Å². The number of rotatable bonds is 5. The Balaban J connectivity index is 1.96. The minimum Gasteiger partial charge on any atom is -0.429 e. The molecule has 0 saturated carbocycles. The van der Waals surface area contributed by atoms with Crippen molar-refractivity contribution in [2.24, 2.45) is 0 Å². The summed E-state index contributed by atoms with van der Waals surface area (Å²) in [6.45, 7) is 1.79. The van der Waals surface area contributed by atoms with Crippen molar-refractivity contribution in [1.82, 2.24) is 0 Å². The summed E-state index contributed by atoms with van der Waals surface area (Å²) in [5.41, 5.74) is -0.522. The Bertz CT molecular complexity index is 1120. The van der Waals surface area contributed by atoms with E-state index in [1.165, 1.54) is 17.5 Å². The van der Waals surface area contributed by atoms with Crippen LogP contribution in [0.15, 0.2) is 53.4 Å². The lowest BCUT2D eigenvalue weighted by Gasteiger charge is -2.20. The summed E-state index contributed by atoms with van der Waals surface area (Å²) in [5, 5.41) is 9.95. The molecule has 0 radical (unpaired) electrons. The predicted molar refractivity (Wildman–Crippen MR) is 98.9 cm³/mol. The van der Waals surface area contributed by atoms with Crippen molar-refractivity contribution >= 4 is 11.8 Å². The molecule has 3 aromatic rings. The van der Waals surface area contributed by atoms with E-state index in [-0.39, 0.29) is 22.9 Å². The number of aryl methyl sites for hydroxylation is 1. The Hall–Kier alpha value is -3.12. The van der Waals surface area contributed by atoms with E-state index >= 15 is 0 Å². The van der Waals surface area contributed by atoms with Crippen molar-refractivity contribution in [3.63, 3.8) is 0 Å². The molecule has 0 N–H and O–H groups in total. The van der Waals surface area contributed by atoms with Crippen LogP contribution in [-0.2, 0) is 6.11 Å². The smallest absolute Gasteiger partial charge is 0.429 e. The molecule has 0 amide bonds. The highest BCUT2D eigenvalue weighted by atomic mass is 32.2. The van der Waals surface area contributed by atoms with Gasteiger partial charge in [0.15, 0.2) is 11.6 Å². The lowest BCUT2D eigenvalue weighted by Crippen LogP contribution is -2.24. The second kappa shape index (κ2) is 8.32. The average molecular weight is 439 g/mol. The molecular formula is C21H11F6NOS.